The second kappa shape index (κ2) is 13.3. The highest BCUT2D eigenvalue weighted by atomic mass is 19.3. The van der Waals surface area contributed by atoms with E-state index in [1.165, 1.54) is 41.7 Å². The number of aromatic nitrogens is 2. The van der Waals surface area contributed by atoms with Gasteiger partial charge in [-0.15, -0.1) is 0 Å². The quantitative estimate of drug-likeness (QED) is 0.301. The van der Waals surface area contributed by atoms with Crippen molar-refractivity contribution in [3.05, 3.63) is 96.7 Å². The largest absolute Gasteiger partial charge is 0.446 e. The van der Waals surface area contributed by atoms with Crippen molar-refractivity contribution in [3.8, 4) is 0 Å². The number of nitrogens with zero attached hydrogens (tertiary/aromatic N) is 5. The van der Waals surface area contributed by atoms with Gasteiger partial charge in [-0.1, -0.05) is 44.3 Å². The van der Waals surface area contributed by atoms with Crippen LogP contribution in [0.5, 0.6) is 0 Å². The van der Waals surface area contributed by atoms with E-state index in [1.807, 2.05) is 0 Å². The molecule has 232 valence electrons. The normalized spacial score (nSPS) is 18.5. The highest BCUT2D eigenvalue weighted by molar-refractivity contribution is 6.09. The number of cyclic esters (lactones) is 1. The van der Waals surface area contributed by atoms with Crippen LogP contribution in [0.2, 0.25) is 0 Å². The van der Waals surface area contributed by atoms with Crippen molar-refractivity contribution in [2.45, 2.75) is 64.1 Å². The molecule has 12 heteroatoms. The number of halogens is 3. The Bertz CT molecular complexity index is 1510. The lowest BCUT2D eigenvalue weighted by Gasteiger charge is -2.40. The summed E-state index contributed by atoms with van der Waals surface area (Å²) in [6.45, 7) is 5.17. The van der Waals surface area contributed by atoms with Crippen molar-refractivity contribution in [2.24, 2.45) is 0 Å². The topological polar surface area (TPSA) is 95.9 Å². The molecule has 0 spiro atoms. The molecule has 2 heterocycles. The number of carbonyl (C=O) groups excluding carboxylic acids is 3. The molecule has 1 saturated heterocycles. The van der Waals surface area contributed by atoms with Gasteiger partial charge in [-0.2, -0.15) is 0 Å². The molecule has 0 radical (unpaired) electrons. The zero-order valence-corrected chi connectivity index (χ0v) is 23.4. The van der Waals surface area contributed by atoms with Gasteiger partial charge in [-0.05, 0) is 61.4 Å². The van der Waals surface area contributed by atoms with E-state index in [9.17, 15) is 27.6 Å². The molecule has 9 nitrogen and oxygen atoms in total. The minimum Gasteiger partial charge on any atom is -0.446 e. The maximum absolute atomic E-state index is 14.7. The zero-order valence-electron chi connectivity index (χ0n) is 23.4. The van der Waals surface area contributed by atoms with Crippen LogP contribution in [0.4, 0.5) is 29.6 Å². The van der Waals surface area contributed by atoms with Crippen LogP contribution in [-0.2, 0) is 14.3 Å². The first kappa shape index (κ1) is 32.2. The molecular formula is C32H34F3N5O4. The highest BCUT2D eigenvalue weighted by Gasteiger charge is 2.47. The molecule has 2 aliphatic rings. The number of ether oxygens (including phenoxy) is 1. The van der Waals surface area contributed by atoms with Crippen LogP contribution in [-0.4, -0.2) is 57.4 Å². The molecule has 1 aromatic heterocycles. The Balaban J connectivity index is 0.00000442. The minimum absolute atomic E-state index is 0. The first-order valence-electron chi connectivity index (χ1n) is 13.8. The highest BCUT2D eigenvalue weighted by Crippen LogP contribution is 2.38. The summed E-state index contributed by atoms with van der Waals surface area (Å²) in [6.07, 6.45) is 2.48. The van der Waals surface area contributed by atoms with Crippen molar-refractivity contribution < 1.29 is 32.3 Å². The molecule has 2 fully saturated rings. The summed E-state index contributed by atoms with van der Waals surface area (Å²) >= 11 is 0. The van der Waals surface area contributed by atoms with E-state index in [-0.39, 0.29) is 38.5 Å². The van der Waals surface area contributed by atoms with Crippen molar-refractivity contribution in [3.63, 3.8) is 0 Å². The van der Waals surface area contributed by atoms with Crippen molar-refractivity contribution in [1.29, 1.82) is 0 Å². The first-order chi connectivity index (χ1) is 20.6. The number of aryl methyl sites for hydroxylation is 1. The maximum Gasteiger partial charge on any atom is 0.417 e. The monoisotopic (exact) mass is 609 g/mol. The number of carbonyl (C=O) groups is 3. The lowest BCUT2D eigenvalue weighted by Crippen LogP contribution is -2.54. The Hall–Kier alpha value is -4.74. The number of alkyl halides is 2. The first-order valence-corrected chi connectivity index (χ1v) is 13.8. The van der Waals surface area contributed by atoms with Gasteiger partial charge in [0.15, 0.2) is 6.04 Å². The van der Waals surface area contributed by atoms with Gasteiger partial charge in [0.2, 0.25) is 11.9 Å². The number of benzene rings is 2. The summed E-state index contributed by atoms with van der Waals surface area (Å²) < 4.78 is 47.9. The summed E-state index contributed by atoms with van der Waals surface area (Å²) in [6, 6.07) is 10.3. The fraction of sp³-hybridized carbons (Fsp3) is 0.344. The number of hydrogen-bond acceptors (Lipinski definition) is 6. The Morgan fingerprint density at radius 2 is 1.77 bits per heavy atom. The summed E-state index contributed by atoms with van der Waals surface area (Å²) in [7, 11) is 0. The maximum atomic E-state index is 14.7. The van der Waals surface area contributed by atoms with Gasteiger partial charge in [0.1, 0.15) is 18.5 Å². The Labute approximate surface area is 254 Å². The van der Waals surface area contributed by atoms with Gasteiger partial charge in [0, 0.05) is 37.0 Å². The lowest BCUT2D eigenvalue weighted by molar-refractivity contribution is -0.136. The third-order valence-corrected chi connectivity index (χ3v) is 7.76. The van der Waals surface area contributed by atoms with Crippen LogP contribution in [0, 0.1) is 12.7 Å². The average Bonchev–Trinajstić information content (AvgIpc) is 3.38. The molecule has 1 saturated carbocycles. The Morgan fingerprint density at radius 1 is 1.09 bits per heavy atom. The van der Waals surface area contributed by atoms with Gasteiger partial charge in [-0.3, -0.25) is 14.5 Å². The number of anilines is 2. The van der Waals surface area contributed by atoms with E-state index < -0.39 is 60.6 Å². The molecule has 0 bridgehead atoms. The van der Waals surface area contributed by atoms with Crippen LogP contribution in [0.3, 0.4) is 0 Å². The van der Waals surface area contributed by atoms with Gasteiger partial charge in [0.05, 0.1) is 0 Å². The number of hydrogen-bond donors (Lipinski definition) is 0. The lowest BCUT2D eigenvalue weighted by atomic mass is 9.90. The second-order valence-corrected chi connectivity index (χ2v) is 10.5. The molecule has 3 aromatic rings. The fourth-order valence-electron chi connectivity index (χ4n) is 5.57. The van der Waals surface area contributed by atoms with Gasteiger partial charge in [-0.25, -0.2) is 32.8 Å². The van der Waals surface area contributed by atoms with E-state index in [0.717, 1.165) is 15.9 Å². The van der Waals surface area contributed by atoms with Crippen LogP contribution >= 0.6 is 0 Å². The zero-order chi connectivity index (χ0) is 30.7. The van der Waals surface area contributed by atoms with E-state index >= 15 is 0 Å². The second-order valence-electron chi connectivity index (χ2n) is 10.5. The molecule has 3 amide bonds. The van der Waals surface area contributed by atoms with E-state index in [1.54, 1.807) is 37.3 Å². The smallest absolute Gasteiger partial charge is 0.417 e. The molecule has 0 N–H and O–H groups in total. The fourth-order valence-corrected chi connectivity index (χ4v) is 5.57. The third kappa shape index (κ3) is 6.43. The molecule has 2 atom stereocenters. The standard InChI is InChI=1S/C31H30F3N5O4.CH4/c1-3-37(22-12-14-31(33,34)15-13-22)28(41)26(24-11-5-4-8-20(24)2)38(23-10-6-9-21(32)18-23)27(40)25-19-43-30(42)39(25)29-35-16-7-17-36-29;/h3-11,16-18,22,25-26H,1,12-15,19H2,2H3;1H4/t25-,26-;/m0./s1. The van der Waals surface area contributed by atoms with E-state index in [4.69, 9.17) is 4.74 Å². The molecule has 2 aromatic carbocycles. The minimum atomic E-state index is -2.83. The number of rotatable bonds is 8. The van der Waals surface area contributed by atoms with Gasteiger partial charge in [0.25, 0.3) is 11.8 Å². The summed E-state index contributed by atoms with van der Waals surface area (Å²) in [5, 5.41) is 0. The summed E-state index contributed by atoms with van der Waals surface area (Å²) in [4.78, 5) is 53.5. The van der Waals surface area contributed by atoms with Crippen LogP contribution in [0.25, 0.3) is 0 Å². The average molecular weight is 610 g/mol. The van der Waals surface area contributed by atoms with E-state index in [2.05, 4.69) is 16.5 Å². The Morgan fingerprint density at radius 3 is 2.41 bits per heavy atom. The molecule has 0 unspecified atom stereocenters. The predicted molar refractivity (Wildman–Crippen MR) is 158 cm³/mol. The van der Waals surface area contributed by atoms with Gasteiger partial charge < -0.3 is 9.64 Å². The molecular weight excluding hydrogens is 575 g/mol. The predicted octanol–water partition coefficient (Wildman–Crippen LogP) is 6.21. The molecule has 1 aliphatic heterocycles. The van der Waals surface area contributed by atoms with Crippen molar-refractivity contribution >= 4 is 29.5 Å². The van der Waals surface area contributed by atoms with Crippen molar-refractivity contribution in [2.75, 3.05) is 16.4 Å². The third-order valence-electron chi connectivity index (χ3n) is 7.76. The van der Waals surface area contributed by atoms with Crippen LogP contribution < -0.4 is 9.80 Å². The van der Waals surface area contributed by atoms with Crippen LogP contribution in [0.1, 0.15) is 50.3 Å². The van der Waals surface area contributed by atoms with Gasteiger partial charge >= 0.3 is 6.09 Å². The summed E-state index contributed by atoms with van der Waals surface area (Å²) in [5.41, 5.74) is 1.11. The number of amides is 3. The molecule has 5 rings (SSSR count). The van der Waals surface area contributed by atoms with Crippen LogP contribution in [0.15, 0.2) is 79.8 Å². The molecule has 44 heavy (non-hydrogen) atoms. The summed E-state index contributed by atoms with van der Waals surface area (Å²) in [5.74, 6) is -4.96. The van der Waals surface area contributed by atoms with Crippen molar-refractivity contribution in [1.82, 2.24) is 14.9 Å². The molecule has 1 aliphatic carbocycles. The SMILES string of the molecule is C.C=CN(C(=O)[C@H](c1ccccc1C)N(C(=O)[C@@H]1COC(=O)N1c1ncccn1)c1cccc(F)c1)C1CCC(F)(F)CC1. The van der Waals surface area contributed by atoms with E-state index in [0.29, 0.717) is 11.1 Å². The Kier molecular flexibility index (Phi) is 9.71.